The van der Waals surface area contributed by atoms with Crippen molar-refractivity contribution in [1.82, 2.24) is 0 Å². The molecule has 0 spiro atoms. The number of hydrogen-bond donors (Lipinski definition) is 3. The molecule has 0 aromatic carbocycles. The minimum Gasteiger partial charge on any atom is -0.455 e. The lowest BCUT2D eigenvalue weighted by Crippen LogP contribution is -2.39. The van der Waals surface area contributed by atoms with Gasteiger partial charge >= 0.3 is 5.97 Å². The molecular weight excluding hydrogens is 188 g/mol. The highest BCUT2D eigenvalue weighted by molar-refractivity contribution is 6.18. The van der Waals surface area contributed by atoms with Crippen LogP contribution in [0.3, 0.4) is 0 Å². The molecule has 1 heterocycles. The summed E-state index contributed by atoms with van der Waals surface area (Å²) in [4.78, 5) is 10.6. The fraction of sp³-hybridized carbons (Fsp3) is 0.833. The van der Waals surface area contributed by atoms with E-state index in [4.69, 9.17) is 26.9 Å². The number of aliphatic hydroxyl groups is 3. The van der Waals surface area contributed by atoms with Crippen molar-refractivity contribution in [2.45, 2.75) is 24.4 Å². The Morgan fingerprint density at radius 3 is 2.50 bits per heavy atom. The molecule has 0 aromatic rings. The number of carbonyl (C=O) groups is 1. The van der Waals surface area contributed by atoms with E-state index in [1.807, 2.05) is 0 Å². The molecule has 0 aromatic heterocycles. The van der Waals surface area contributed by atoms with Crippen LogP contribution in [0.2, 0.25) is 0 Å². The molecule has 6 heteroatoms. The number of carbonyl (C=O) groups excluding carboxylic acids is 1. The summed E-state index contributed by atoms with van der Waals surface area (Å²) in [6, 6.07) is 0. The minimum absolute atomic E-state index is 0.165. The van der Waals surface area contributed by atoms with Crippen molar-refractivity contribution in [3.05, 3.63) is 0 Å². The van der Waals surface area contributed by atoms with Gasteiger partial charge in [-0.05, 0) is 0 Å². The summed E-state index contributed by atoms with van der Waals surface area (Å²) in [5.74, 6) is -1.10. The maximum absolute atomic E-state index is 10.6. The van der Waals surface area contributed by atoms with E-state index in [0.29, 0.717) is 0 Å². The van der Waals surface area contributed by atoms with E-state index in [2.05, 4.69) is 4.74 Å². The molecule has 3 N–H and O–H groups in total. The van der Waals surface area contributed by atoms with E-state index >= 15 is 0 Å². The van der Waals surface area contributed by atoms with Gasteiger partial charge in [0.2, 0.25) is 0 Å². The van der Waals surface area contributed by atoms with E-state index in [0.717, 1.165) is 0 Å². The second-order valence-electron chi connectivity index (χ2n) is 2.56. The van der Waals surface area contributed by atoms with E-state index in [1.165, 1.54) is 0 Å². The molecule has 0 amide bonds. The Balaban J connectivity index is 2.64. The molecule has 1 saturated heterocycles. The second-order valence-corrected chi connectivity index (χ2v) is 2.87. The molecule has 0 saturated carbocycles. The number of ether oxygens (including phenoxy) is 1. The smallest absolute Gasteiger partial charge is 0.338 e. The molecule has 4 atom stereocenters. The third kappa shape index (κ3) is 1.54. The van der Waals surface area contributed by atoms with Gasteiger partial charge in [-0.2, -0.15) is 0 Å². The summed E-state index contributed by atoms with van der Waals surface area (Å²) < 4.78 is 4.47. The third-order valence-electron chi connectivity index (χ3n) is 1.69. The molecule has 1 rings (SSSR count). The second kappa shape index (κ2) is 3.57. The van der Waals surface area contributed by atoms with Gasteiger partial charge in [-0.25, -0.2) is 4.79 Å². The molecule has 1 fully saturated rings. The fourth-order valence-corrected chi connectivity index (χ4v) is 1.16. The van der Waals surface area contributed by atoms with Crippen LogP contribution in [0.25, 0.3) is 0 Å². The fourth-order valence-electron chi connectivity index (χ4n) is 0.987. The van der Waals surface area contributed by atoms with Crippen LogP contribution in [0.5, 0.6) is 0 Å². The number of esters is 1. The van der Waals surface area contributed by atoms with Crippen LogP contribution in [0.15, 0.2) is 0 Å². The normalized spacial score (nSPS) is 38.0. The maximum atomic E-state index is 10.6. The molecule has 70 valence electrons. The topological polar surface area (TPSA) is 87.0 Å². The molecule has 0 aliphatic carbocycles. The number of halogens is 1. The van der Waals surface area contributed by atoms with Crippen molar-refractivity contribution in [3.63, 3.8) is 0 Å². The molecule has 12 heavy (non-hydrogen) atoms. The van der Waals surface area contributed by atoms with E-state index < -0.39 is 30.4 Å². The highest BCUT2D eigenvalue weighted by Gasteiger charge is 2.45. The Morgan fingerprint density at radius 1 is 1.58 bits per heavy atom. The van der Waals surface area contributed by atoms with Crippen LogP contribution in [0, 0.1) is 0 Å². The van der Waals surface area contributed by atoms with Crippen LogP contribution in [-0.2, 0) is 9.53 Å². The van der Waals surface area contributed by atoms with Gasteiger partial charge in [0.25, 0.3) is 0 Å². The van der Waals surface area contributed by atoms with Crippen LogP contribution in [0.1, 0.15) is 0 Å². The predicted octanol–water partition coefficient (Wildman–Crippen LogP) is -1.77. The first-order valence-electron chi connectivity index (χ1n) is 3.38. The lowest BCUT2D eigenvalue weighted by atomic mass is 10.1. The van der Waals surface area contributed by atoms with Gasteiger partial charge in [-0.1, -0.05) is 0 Å². The quantitative estimate of drug-likeness (QED) is 0.360. The first-order chi connectivity index (χ1) is 5.57. The van der Waals surface area contributed by atoms with Gasteiger partial charge in [-0.15, -0.1) is 11.6 Å². The Hall–Kier alpha value is -0.360. The van der Waals surface area contributed by atoms with Crippen molar-refractivity contribution >= 4 is 17.6 Å². The highest BCUT2D eigenvalue weighted by atomic mass is 35.5. The number of hydrogen-bond acceptors (Lipinski definition) is 5. The van der Waals surface area contributed by atoms with Crippen LogP contribution >= 0.6 is 11.6 Å². The predicted molar refractivity (Wildman–Crippen MR) is 38.6 cm³/mol. The first-order valence-corrected chi connectivity index (χ1v) is 3.92. The lowest BCUT2D eigenvalue weighted by molar-refractivity contribution is -0.150. The summed E-state index contributed by atoms with van der Waals surface area (Å²) in [6.45, 7) is 0. The highest BCUT2D eigenvalue weighted by Crippen LogP contribution is 2.19. The van der Waals surface area contributed by atoms with Crippen LogP contribution < -0.4 is 0 Å². The lowest BCUT2D eigenvalue weighted by Gasteiger charge is -2.17. The molecule has 0 bridgehead atoms. The molecular formula is C6H9ClO5. The van der Waals surface area contributed by atoms with E-state index in [-0.39, 0.29) is 5.88 Å². The minimum atomic E-state index is -1.58. The first kappa shape index (κ1) is 9.73. The number of rotatable bonds is 2. The van der Waals surface area contributed by atoms with Crippen molar-refractivity contribution in [3.8, 4) is 0 Å². The zero-order valence-corrected chi connectivity index (χ0v) is 6.81. The zero-order valence-electron chi connectivity index (χ0n) is 6.05. The van der Waals surface area contributed by atoms with Gasteiger partial charge < -0.3 is 20.1 Å². The number of aliphatic hydroxyl groups excluding tert-OH is 3. The molecule has 1 aliphatic heterocycles. The average molecular weight is 197 g/mol. The Kier molecular flexibility index (Phi) is 2.89. The van der Waals surface area contributed by atoms with Gasteiger partial charge in [0, 0.05) is 0 Å². The van der Waals surface area contributed by atoms with Crippen molar-refractivity contribution in [1.29, 1.82) is 0 Å². The van der Waals surface area contributed by atoms with Crippen molar-refractivity contribution < 1.29 is 24.9 Å². The van der Waals surface area contributed by atoms with Crippen LogP contribution in [0.4, 0.5) is 0 Å². The monoisotopic (exact) mass is 196 g/mol. The zero-order chi connectivity index (χ0) is 9.30. The summed E-state index contributed by atoms with van der Waals surface area (Å²) >= 11 is 5.26. The summed E-state index contributed by atoms with van der Waals surface area (Å²) in [5, 5.41) is 27.1. The molecule has 5 nitrogen and oxygen atoms in total. The molecule has 0 unspecified atom stereocenters. The molecule has 0 radical (unpaired) electrons. The third-order valence-corrected chi connectivity index (χ3v) is 2.01. The largest absolute Gasteiger partial charge is 0.455 e. The van der Waals surface area contributed by atoms with Gasteiger partial charge in [0.05, 0.1) is 5.88 Å². The number of alkyl halides is 1. The van der Waals surface area contributed by atoms with Gasteiger partial charge in [-0.3, -0.25) is 0 Å². The Morgan fingerprint density at radius 2 is 2.17 bits per heavy atom. The number of cyclic esters (lactones) is 1. The van der Waals surface area contributed by atoms with E-state index in [9.17, 15) is 4.79 Å². The van der Waals surface area contributed by atoms with Crippen LogP contribution in [-0.4, -0.2) is 51.6 Å². The average Bonchev–Trinajstić information content (AvgIpc) is 2.32. The van der Waals surface area contributed by atoms with Crippen molar-refractivity contribution in [2.75, 3.05) is 5.88 Å². The summed E-state index contributed by atoms with van der Waals surface area (Å²) in [7, 11) is 0. The Labute approximate surface area is 73.5 Å². The summed E-state index contributed by atoms with van der Waals surface area (Å²) in [5.41, 5.74) is 0. The molecule has 1 aliphatic rings. The van der Waals surface area contributed by atoms with Gasteiger partial charge in [0.15, 0.2) is 12.2 Å². The van der Waals surface area contributed by atoms with Gasteiger partial charge in [0.1, 0.15) is 12.2 Å². The standard InChI is InChI=1S/C6H9ClO5/c7-1-2(8)5-3(9)4(10)6(11)12-5/h2-5,8-10H,1H2/t2-,3-,4+,5-/m1/s1. The van der Waals surface area contributed by atoms with E-state index in [1.54, 1.807) is 0 Å². The summed E-state index contributed by atoms with van der Waals surface area (Å²) in [6.07, 6.45) is -5.24. The maximum Gasteiger partial charge on any atom is 0.338 e. The van der Waals surface area contributed by atoms with Crippen molar-refractivity contribution in [2.24, 2.45) is 0 Å². The SMILES string of the molecule is O=C1O[C@H]([C@H](O)CCl)[C@H](O)[C@@H]1O. The Bertz CT molecular complexity index is 185.